The molecule has 0 aliphatic heterocycles. The summed E-state index contributed by atoms with van der Waals surface area (Å²) in [5.74, 6) is -2.72. The first-order chi connectivity index (χ1) is 16.9. The van der Waals surface area contributed by atoms with Crippen LogP contribution in [0.3, 0.4) is 0 Å². The number of benzene rings is 3. The molecular formula is C27H25FN2O5. The van der Waals surface area contributed by atoms with Gasteiger partial charge in [-0.25, -0.2) is 9.18 Å². The van der Waals surface area contributed by atoms with E-state index in [9.17, 15) is 18.8 Å². The fourth-order valence-electron chi connectivity index (χ4n) is 4.30. The predicted molar refractivity (Wildman–Crippen MR) is 129 cm³/mol. The average molecular weight is 477 g/mol. The van der Waals surface area contributed by atoms with Crippen LogP contribution in [0.2, 0.25) is 0 Å². The van der Waals surface area contributed by atoms with Crippen molar-refractivity contribution in [3.8, 4) is 11.1 Å². The highest BCUT2D eigenvalue weighted by molar-refractivity contribution is 5.96. The van der Waals surface area contributed by atoms with Crippen molar-refractivity contribution in [1.82, 2.24) is 5.32 Å². The van der Waals surface area contributed by atoms with Crippen molar-refractivity contribution in [3.05, 3.63) is 89.2 Å². The maximum atomic E-state index is 14.6. The van der Waals surface area contributed by atoms with Crippen LogP contribution in [0, 0.1) is 5.82 Å². The number of nitrogens with one attached hydrogen (secondary N) is 2. The van der Waals surface area contributed by atoms with Crippen LogP contribution in [-0.4, -0.2) is 35.7 Å². The summed E-state index contributed by atoms with van der Waals surface area (Å²) in [6.45, 7) is 1.84. The number of carbonyl (C=O) groups excluding carboxylic acids is 2. The van der Waals surface area contributed by atoms with Gasteiger partial charge in [-0.05, 0) is 46.9 Å². The van der Waals surface area contributed by atoms with E-state index in [1.807, 2.05) is 48.5 Å². The Morgan fingerprint density at radius 3 is 2.20 bits per heavy atom. The number of amides is 2. The lowest BCUT2D eigenvalue weighted by molar-refractivity contribution is -0.137. The zero-order valence-corrected chi connectivity index (χ0v) is 19.1. The summed E-state index contributed by atoms with van der Waals surface area (Å²) in [6.07, 6.45) is -0.609. The van der Waals surface area contributed by atoms with Crippen LogP contribution in [-0.2, 0) is 9.53 Å². The highest BCUT2D eigenvalue weighted by Gasteiger charge is 2.29. The fourth-order valence-corrected chi connectivity index (χ4v) is 4.30. The normalized spacial score (nSPS) is 12.9. The molecule has 0 saturated carbocycles. The SMILES string of the molecule is CC[C@@H](CC(=O)O)NC(=O)c1ccc(NC(=O)OCC2c3ccccc3-c3ccccc32)cc1F. The van der Waals surface area contributed by atoms with Gasteiger partial charge in [0.15, 0.2) is 0 Å². The lowest BCUT2D eigenvalue weighted by Gasteiger charge is -2.16. The molecule has 0 fully saturated rings. The van der Waals surface area contributed by atoms with Crippen molar-refractivity contribution in [3.63, 3.8) is 0 Å². The topological polar surface area (TPSA) is 105 Å². The summed E-state index contributed by atoms with van der Waals surface area (Å²) < 4.78 is 20.0. The Labute approximate surface area is 201 Å². The van der Waals surface area contributed by atoms with E-state index >= 15 is 0 Å². The molecule has 0 saturated heterocycles. The van der Waals surface area contributed by atoms with Crippen LogP contribution in [0.1, 0.15) is 47.2 Å². The Morgan fingerprint density at radius 2 is 1.63 bits per heavy atom. The van der Waals surface area contributed by atoms with Gasteiger partial charge in [0.25, 0.3) is 5.91 Å². The van der Waals surface area contributed by atoms with Gasteiger partial charge in [-0.15, -0.1) is 0 Å². The highest BCUT2D eigenvalue weighted by atomic mass is 19.1. The van der Waals surface area contributed by atoms with Crippen LogP contribution >= 0.6 is 0 Å². The van der Waals surface area contributed by atoms with Gasteiger partial charge in [0.1, 0.15) is 12.4 Å². The smallest absolute Gasteiger partial charge is 0.411 e. The molecule has 1 atom stereocenters. The molecule has 0 bridgehead atoms. The number of fused-ring (bicyclic) bond motifs is 3. The lowest BCUT2D eigenvalue weighted by Crippen LogP contribution is -2.36. The molecule has 0 unspecified atom stereocenters. The van der Waals surface area contributed by atoms with Gasteiger partial charge < -0.3 is 15.2 Å². The van der Waals surface area contributed by atoms with E-state index in [2.05, 4.69) is 10.6 Å². The molecule has 1 aliphatic carbocycles. The summed E-state index contributed by atoms with van der Waals surface area (Å²) in [5.41, 5.74) is 4.27. The number of anilines is 1. The Morgan fingerprint density at radius 1 is 1.00 bits per heavy atom. The van der Waals surface area contributed by atoms with E-state index in [1.54, 1.807) is 6.92 Å². The average Bonchev–Trinajstić information content (AvgIpc) is 3.15. The number of carboxylic acid groups (broad SMARTS) is 1. The van der Waals surface area contributed by atoms with Crippen molar-refractivity contribution in [2.45, 2.75) is 31.7 Å². The number of halogens is 1. The van der Waals surface area contributed by atoms with Crippen LogP contribution in [0.25, 0.3) is 11.1 Å². The maximum Gasteiger partial charge on any atom is 0.411 e. The molecule has 0 heterocycles. The molecule has 0 spiro atoms. The van der Waals surface area contributed by atoms with E-state index in [-0.39, 0.29) is 30.2 Å². The molecule has 4 rings (SSSR count). The van der Waals surface area contributed by atoms with Crippen LogP contribution in [0.15, 0.2) is 66.7 Å². The first-order valence-corrected chi connectivity index (χ1v) is 11.3. The third-order valence-electron chi connectivity index (χ3n) is 6.05. The minimum absolute atomic E-state index is 0.103. The summed E-state index contributed by atoms with van der Waals surface area (Å²) in [5, 5.41) is 13.9. The van der Waals surface area contributed by atoms with Gasteiger partial charge in [0.2, 0.25) is 0 Å². The molecule has 0 aromatic heterocycles. The Balaban J connectivity index is 1.38. The zero-order chi connectivity index (χ0) is 24.9. The van der Waals surface area contributed by atoms with Crippen molar-refractivity contribution in [1.29, 1.82) is 0 Å². The minimum atomic E-state index is -1.06. The molecular weight excluding hydrogens is 451 g/mol. The Bertz CT molecular complexity index is 1230. The highest BCUT2D eigenvalue weighted by Crippen LogP contribution is 2.44. The molecule has 0 radical (unpaired) electrons. The second-order valence-electron chi connectivity index (χ2n) is 8.32. The van der Waals surface area contributed by atoms with Crippen LogP contribution in [0.5, 0.6) is 0 Å². The summed E-state index contributed by atoms with van der Waals surface area (Å²) in [6, 6.07) is 19.0. The van der Waals surface area contributed by atoms with E-state index in [0.29, 0.717) is 6.42 Å². The van der Waals surface area contributed by atoms with Crippen molar-refractivity contribution in [2.75, 3.05) is 11.9 Å². The predicted octanol–water partition coefficient (Wildman–Crippen LogP) is 5.17. The summed E-state index contributed by atoms with van der Waals surface area (Å²) in [7, 11) is 0. The minimum Gasteiger partial charge on any atom is -0.481 e. The van der Waals surface area contributed by atoms with Gasteiger partial charge in [0, 0.05) is 17.6 Å². The van der Waals surface area contributed by atoms with Crippen molar-refractivity contribution < 1.29 is 28.6 Å². The number of rotatable bonds is 8. The third kappa shape index (κ3) is 5.32. The molecule has 7 nitrogen and oxygen atoms in total. The largest absolute Gasteiger partial charge is 0.481 e. The van der Waals surface area contributed by atoms with E-state index in [0.717, 1.165) is 28.3 Å². The first-order valence-electron chi connectivity index (χ1n) is 11.3. The summed E-state index contributed by atoms with van der Waals surface area (Å²) >= 11 is 0. The Hall–Kier alpha value is -4.20. The van der Waals surface area contributed by atoms with Gasteiger partial charge in [-0.2, -0.15) is 0 Å². The third-order valence-corrected chi connectivity index (χ3v) is 6.05. The number of aliphatic carboxylic acids is 1. The molecule has 180 valence electrons. The second-order valence-corrected chi connectivity index (χ2v) is 8.32. The lowest BCUT2D eigenvalue weighted by atomic mass is 9.98. The molecule has 1 aliphatic rings. The van der Waals surface area contributed by atoms with Crippen LogP contribution in [0.4, 0.5) is 14.9 Å². The monoisotopic (exact) mass is 476 g/mol. The summed E-state index contributed by atoms with van der Waals surface area (Å²) in [4.78, 5) is 35.6. The fraction of sp³-hybridized carbons (Fsp3) is 0.222. The van der Waals surface area contributed by atoms with Gasteiger partial charge in [-0.3, -0.25) is 14.9 Å². The molecule has 8 heteroatoms. The molecule has 2 amide bonds. The molecule has 3 aromatic carbocycles. The van der Waals surface area contributed by atoms with E-state index < -0.39 is 29.8 Å². The standard InChI is InChI=1S/C27H25FN2O5/c1-2-16(14-25(31)32)29-26(33)22-12-11-17(13-24(22)28)30-27(34)35-15-23-20-9-5-3-7-18(20)19-8-4-6-10-21(19)23/h3-13,16,23H,2,14-15H2,1H3,(H,29,33)(H,30,34)(H,31,32)/t16-/m0/s1. The molecule has 35 heavy (non-hydrogen) atoms. The molecule has 3 N–H and O–H groups in total. The first kappa shape index (κ1) is 23.9. The number of ether oxygens (including phenoxy) is 1. The molecule has 3 aromatic rings. The van der Waals surface area contributed by atoms with Gasteiger partial charge in [-0.1, -0.05) is 55.5 Å². The Kier molecular flexibility index (Phi) is 7.10. The van der Waals surface area contributed by atoms with Gasteiger partial charge in [0.05, 0.1) is 12.0 Å². The quantitative estimate of drug-likeness (QED) is 0.416. The number of hydrogen-bond acceptors (Lipinski definition) is 4. The number of carboxylic acids is 1. The van der Waals surface area contributed by atoms with Gasteiger partial charge >= 0.3 is 12.1 Å². The number of hydrogen-bond donors (Lipinski definition) is 3. The zero-order valence-electron chi connectivity index (χ0n) is 19.1. The van der Waals surface area contributed by atoms with Crippen molar-refractivity contribution in [2.24, 2.45) is 0 Å². The maximum absolute atomic E-state index is 14.6. The number of carbonyl (C=O) groups is 3. The second kappa shape index (κ2) is 10.4. The van der Waals surface area contributed by atoms with Crippen molar-refractivity contribution >= 4 is 23.7 Å². The van der Waals surface area contributed by atoms with E-state index in [4.69, 9.17) is 9.84 Å². The van der Waals surface area contributed by atoms with E-state index in [1.165, 1.54) is 12.1 Å². The van der Waals surface area contributed by atoms with Crippen LogP contribution < -0.4 is 10.6 Å².